The zero-order chi connectivity index (χ0) is 26.9. The second-order valence-corrected chi connectivity index (χ2v) is 7.97. The number of alkyl halides is 3. The minimum Gasteiger partial charge on any atom is -0.507 e. The highest BCUT2D eigenvalue weighted by Gasteiger charge is 2.27. The van der Waals surface area contributed by atoms with Crippen LogP contribution in [0.4, 0.5) is 18.0 Å². The number of ether oxygens (including phenoxy) is 1. The molecular formula is C25H26F3NO7. The Balaban J connectivity index is 2.07. The Morgan fingerprint density at radius 2 is 1.89 bits per heavy atom. The van der Waals surface area contributed by atoms with Crippen molar-refractivity contribution in [3.63, 3.8) is 0 Å². The van der Waals surface area contributed by atoms with Crippen LogP contribution in [0.25, 0.3) is 6.08 Å². The van der Waals surface area contributed by atoms with Crippen LogP contribution in [0.3, 0.4) is 0 Å². The molecule has 0 radical (unpaired) electrons. The number of benzene rings is 1. The quantitative estimate of drug-likeness (QED) is 0.265. The van der Waals surface area contributed by atoms with E-state index < -0.39 is 48.0 Å². The number of hydrogen-bond donors (Lipinski definition) is 3. The maximum Gasteiger partial charge on any atom is 0.408 e. The molecular weight excluding hydrogens is 483 g/mol. The van der Waals surface area contributed by atoms with Gasteiger partial charge in [0.05, 0.1) is 13.0 Å². The van der Waals surface area contributed by atoms with Gasteiger partial charge in [0.1, 0.15) is 22.8 Å². The molecule has 1 aromatic carbocycles. The first-order chi connectivity index (χ1) is 16.9. The van der Waals surface area contributed by atoms with Crippen molar-refractivity contribution in [2.75, 3.05) is 6.61 Å². The minimum absolute atomic E-state index is 0.125. The summed E-state index contributed by atoms with van der Waals surface area (Å²) in [7, 11) is 0. The van der Waals surface area contributed by atoms with E-state index in [1.165, 1.54) is 49.5 Å². The van der Waals surface area contributed by atoms with Crippen molar-refractivity contribution in [3.05, 3.63) is 75.5 Å². The third kappa shape index (κ3) is 8.97. The molecule has 2 rings (SSSR count). The SMILES string of the molecule is CC(=Cc1ccc(OCCC(F)(F)F)cc1)C(=O)c1c(O)cc(C(C)CCC=CNC(=O)O)oc1=O. The highest BCUT2D eigenvalue weighted by atomic mass is 19.4. The third-order valence-electron chi connectivity index (χ3n) is 5.03. The van der Waals surface area contributed by atoms with Gasteiger partial charge < -0.3 is 19.4 Å². The van der Waals surface area contributed by atoms with Crippen LogP contribution in [0.5, 0.6) is 11.5 Å². The highest BCUT2D eigenvalue weighted by Crippen LogP contribution is 2.26. The van der Waals surface area contributed by atoms with Crippen molar-refractivity contribution in [2.45, 2.75) is 45.2 Å². The fraction of sp³-hybridized carbons (Fsp3) is 0.320. The number of allylic oxidation sites excluding steroid dienone is 2. The Morgan fingerprint density at radius 3 is 2.47 bits per heavy atom. The summed E-state index contributed by atoms with van der Waals surface area (Å²) in [4.78, 5) is 35.7. The van der Waals surface area contributed by atoms with E-state index in [4.69, 9.17) is 14.3 Å². The van der Waals surface area contributed by atoms with Crippen LogP contribution in [-0.4, -0.2) is 34.9 Å². The van der Waals surface area contributed by atoms with Crippen molar-refractivity contribution in [1.29, 1.82) is 0 Å². The summed E-state index contributed by atoms with van der Waals surface area (Å²) in [5.41, 5.74) is -0.854. The van der Waals surface area contributed by atoms with Crippen LogP contribution in [0.1, 0.15) is 60.7 Å². The Hall–Kier alpha value is -4.02. The second kappa shape index (κ2) is 12.6. The van der Waals surface area contributed by atoms with Crippen LogP contribution >= 0.6 is 0 Å². The molecule has 0 saturated heterocycles. The van der Waals surface area contributed by atoms with E-state index in [1.54, 1.807) is 13.0 Å². The molecule has 0 aliphatic carbocycles. The normalized spacial score (nSPS) is 13.0. The van der Waals surface area contributed by atoms with Gasteiger partial charge in [0.15, 0.2) is 5.78 Å². The molecule has 8 nitrogen and oxygen atoms in total. The fourth-order valence-corrected chi connectivity index (χ4v) is 3.11. The number of carboxylic acid groups (broad SMARTS) is 1. The van der Waals surface area contributed by atoms with E-state index in [0.29, 0.717) is 18.4 Å². The summed E-state index contributed by atoms with van der Waals surface area (Å²) < 4.78 is 46.9. The number of carbonyl (C=O) groups is 2. The predicted octanol–water partition coefficient (Wildman–Crippen LogP) is 5.63. The Labute approximate surface area is 204 Å². The third-order valence-corrected chi connectivity index (χ3v) is 5.03. The van der Waals surface area contributed by atoms with Gasteiger partial charge in [-0.25, -0.2) is 9.59 Å². The highest BCUT2D eigenvalue weighted by molar-refractivity contribution is 6.12. The molecule has 0 saturated carbocycles. The lowest BCUT2D eigenvalue weighted by Gasteiger charge is -2.11. The first kappa shape index (κ1) is 28.2. The Morgan fingerprint density at radius 1 is 1.22 bits per heavy atom. The number of hydrogen-bond acceptors (Lipinski definition) is 6. The van der Waals surface area contributed by atoms with Gasteiger partial charge in [-0.1, -0.05) is 25.1 Å². The lowest BCUT2D eigenvalue weighted by Crippen LogP contribution is -2.16. The largest absolute Gasteiger partial charge is 0.507 e. The van der Waals surface area contributed by atoms with Crippen molar-refractivity contribution >= 4 is 18.0 Å². The number of amides is 1. The zero-order valence-corrected chi connectivity index (χ0v) is 19.6. The summed E-state index contributed by atoms with van der Waals surface area (Å²) in [6, 6.07) is 7.18. The van der Waals surface area contributed by atoms with Gasteiger partial charge in [-0.3, -0.25) is 10.1 Å². The number of halogens is 3. The topological polar surface area (TPSA) is 126 Å². The lowest BCUT2D eigenvalue weighted by molar-refractivity contribution is -0.139. The summed E-state index contributed by atoms with van der Waals surface area (Å²) in [5.74, 6) is -1.15. The molecule has 11 heteroatoms. The van der Waals surface area contributed by atoms with Crippen LogP contribution in [0, 0.1) is 0 Å². The van der Waals surface area contributed by atoms with Gasteiger partial charge in [-0.05, 0) is 49.1 Å². The lowest BCUT2D eigenvalue weighted by atomic mass is 9.99. The molecule has 0 aliphatic rings. The predicted molar refractivity (Wildman–Crippen MR) is 125 cm³/mol. The van der Waals surface area contributed by atoms with Gasteiger partial charge >= 0.3 is 17.9 Å². The van der Waals surface area contributed by atoms with Crippen LogP contribution in [-0.2, 0) is 0 Å². The van der Waals surface area contributed by atoms with Gasteiger partial charge in [0.25, 0.3) is 0 Å². The van der Waals surface area contributed by atoms with Crippen LogP contribution in [0.15, 0.2) is 57.4 Å². The molecule has 1 aromatic heterocycles. The van der Waals surface area contributed by atoms with Crippen molar-refractivity contribution in [3.8, 4) is 11.5 Å². The van der Waals surface area contributed by atoms with E-state index in [1.807, 2.05) is 0 Å². The number of Topliss-reactive ketones (excluding diaryl/α,β-unsaturated/α-hetero) is 1. The number of carbonyl (C=O) groups excluding carboxylic acids is 1. The molecule has 0 bridgehead atoms. The second-order valence-electron chi connectivity index (χ2n) is 7.97. The molecule has 2 aromatic rings. The smallest absolute Gasteiger partial charge is 0.408 e. The first-order valence-corrected chi connectivity index (χ1v) is 10.9. The summed E-state index contributed by atoms with van der Waals surface area (Å²) in [6.07, 6.45) is -1.30. The van der Waals surface area contributed by atoms with E-state index in [-0.39, 0.29) is 23.0 Å². The van der Waals surface area contributed by atoms with Crippen molar-refractivity contribution < 1.29 is 42.1 Å². The maximum absolute atomic E-state index is 12.8. The van der Waals surface area contributed by atoms with Crippen molar-refractivity contribution in [1.82, 2.24) is 5.32 Å². The number of ketones is 1. The molecule has 0 aliphatic heterocycles. The molecule has 1 amide bonds. The van der Waals surface area contributed by atoms with E-state index in [9.17, 15) is 32.7 Å². The fourth-order valence-electron chi connectivity index (χ4n) is 3.11. The summed E-state index contributed by atoms with van der Waals surface area (Å²) in [6.45, 7) is 2.68. The molecule has 0 spiro atoms. The first-order valence-electron chi connectivity index (χ1n) is 10.9. The Kier molecular flexibility index (Phi) is 9.89. The van der Waals surface area contributed by atoms with E-state index in [2.05, 4.69) is 5.32 Å². The molecule has 36 heavy (non-hydrogen) atoms. The number of rotatable bonds is 11. The van der Waals surface area contributed by atoms with Gasteiger partial charge in [-0.15, -0.1) is 0 Å². The van der Waals surface area contributed by atoms with Crippen molar-refractivity contribution in [2.24, 2.45) is 0 Å². The Bertz CT molecular complexity index is 1180. The number of aromatic hydroxyl groups is 1. The van der Waals surface area contributed by atoms with E-state index >= 15 is 0 Å². The van der Waals surface area contributed by atoms with E-state index in [0.717, 1.165) is 0 Å². The molecule has 1 heterocycles. The van der Waals surface area contributed by atoms with Crippen LogP contribution in [0.2, 0.25) is 0 Å². The minimum atomic E-state index is -4.31. The van der Waals surface area contributed by atoms with Crippen LogP contribution < -0.4 is 15.7 Å². The van der Waals surface area contributed by atoms with Gasteiger partial charge in [0.2, 0.25) is 0 Å². The monoisotopic (exact) mass is 509 g/mol. The summed E-state index contributed by atoms with van der Waals surface area (Å²) >= 11 is 0. The molecule has 1 unspecified atom stereocenters. The standard InChI is InChI=1S/C25H26F3NO7/c1-15(5-3-4-11-29-24(33)34)20-14-19(30)21(23(32)36-20)22(31)16(2)13-17-6-8-18(9-7-17)35-12-10-25(26,27)28/h4,6-9,11,13-15,29-30H,3,5,10,12H2,1-2H3,(H,33,34). The molecule has 1 atom stereocenters. The molecule has 0 fully saturated rings. The summed E-state index contributed by atoms with van der Waals surface area (Å²) in [5, 5.41) is 20.9. The average molecular weight is 509 g/mol. The van der Waals surface area contributed by atoms with Gasteiger partial charge in [0, 0.05) is 18.2 Å². The average Bonchev–Trinajstić information content (AvgIpc) is 2.78. The van der Waals surface area contributed by atoms with Gasteiger partial charge in [-0.2, -0.15) is 13.2 Å². The maximum atomic E-state index is 12.8. The number of nitrogens with one attached hydrogen (secondary N) is 1. The molecule has 194 valence electrons. The zero-order valence-electron chi connectivity index (χ0n) is 19.6. The molecule has 3 N–H and O–H groups in total.